The Morgan fingerprint density at radius 1 is 1.19 bits per heavy atom. The molecule has 1 fully saturated rings. The molecule has 0 amide bonds. The van der Waals surface area contributed by atoms with Gasteiger partial charge in [-0.15, -0.1) is 0 Å². The summed E-state index contributed by atoms with van der Waals surface area (Å²) in [6.07, 6.45) is 6.51. The zero-order chi connectivity index (χ0) is 11.0. The zero-order valence-corrected chi connectivity index (χ0v) is 9.83. The number of hydrogen-bond acceptors (Lipinski definition) is 2. The first-order chi connectivity index (χ1) is 7.85. The third-order valence-corrected chi connectivity index (χ3v) is 3.88. The molecule has 0 atom stereocenters. The number of ether oxygens (including phenoxy) is 1. The molecule has 0 spiro atoms. The normalized spacial score (nSPS) is 27.3. The average Bonchev–Trinajstić information content (AvgIpc) is 2.69. The van der Waals surface area contributed by atoms with E-state index in [2.05, 4.69) is 23.5 Å². The van der Waals surface area contributed by atoms with Gasteiger partial charge >= 0.3 is 0 Å². The van der Waals surface area contributed by atoms with Crippen LogP contribution in [0, 0.1) is 0 Å². The smallest absolute Gasteiger partial charge is 0.120 e. The van der Waals surface area contributed by atoms with E-state index in [9.17, 15) is 0 Å². The Labute approximate surface area is 97.0 Å². The van der Waals surface area contributed by atoms with Crippen molar-refractivity contribution in [1.29, 1.82) is 0 Å². The first kappa shape index (κ1) is 10.2. The van der Waals surface area contributed by atoms with Gasteiger partial charge in [0.1, 0.15) is 11.9 Å². The molecule has 0 bridgehead atoms. The van der Waals surface area contributed by atoms with Gasteiger partial charge in [-0.3, -0.25) is 0 Å². The fourth-order valence-electron chi connectivity index (χ4n) is 2.71. The number of hydrogen-bond donors (Lipinski definition) is 1. The van der Waals surface area contributed by atoms with Crippen LogP contribution in [0.15, 0.2) is 18.2 Å². The predicted molar refractivity (Wildman–Crippen MR) is 65.0 cm³/mol. The van der Waals surface area contributed by atoms with Gasteiger partial charge in [0, 0.05) is 6.04 Å². The Balaban J connectivity index is 1.63. The van der Waals surface area contributed by atoms with Gasteiger partial charge in [-0.25, -0.2) is 0 Å². The molecule has 2 nitrogen and oxygen atoms in total. The maximum Gasteiger partial charge on any atom is 0.120 e. The molecule has 2 heteroatoms. The summed E-state index contributed by atoms with van der Waals surface area (Å²) in [5.41, 5.74) is 3.02. The quantitative estimate of drug-likeness (QED) is 0.839. The second-order valence-electron chi connectivity index (χ2n) is 4.98. The van der Waals surface area contributed by atoms with E-state index in [4.69, 9.17) is 4.74 Å². The van der Waals surface area contributed by atoms with Crippen molar-refractivity contribution in [2.45, 2.75) is 44.2 Å². The SMILES string of the molecule is CNC1CC(Oc2ccc3c(c2)CCC3)C1. The molecule has 2 aliphatic rings. The first-order valence-corrected chi connectivity index (χ1v) is 6.31. The summed E-state index contributed by atoms with van der Waals surface area (Å²) in [6.45, 7) is 0. The maximum atomic E-state index is 5.97. The van der Waals surface area contributed by atoms with Crippen LogP contribution < -0.4 is 10.1 Å². The van der Waals surface area contributed by atoms with E-state index in [-0.39, 0.29) is 0 Å². The van der Waals surface area contributed by atoms with Crippen LogP contribution in [0.3, 0.4) is 0 Å². The van der Waals surface area contributed by atoms with Crippen molar-refractivity contribution in [2.24, 2.45) is 0 Å². The summed E-state index contributed by atoms with van der Waals surface area (Å²) in [6, 6.07) is 7.29. The van der Waals surface area contributed by atoms with E-state index in [1.54, 1.807) is 0 Å². The molecule has 1 aromatic carbocycles. The van der Waals surface area contributed by atoms with Crippen LogP contribution >= 0.6 is 0 Å². The lowest BCUT2D eigenvalue weighted by molar-refractivity contribution is 0.0884. The van der Waals surface area contributed by atoms with Crippen molar-refractivity contribution in [3.05, 3.63) is 29.3 Å². The van der Waals surface area contributed by atoms with Gasteiger partial charge in [0.2, 0.25) is 0 Å². The largest absolute Gasteiger partial charge is 0.490 e. The molecular formula is C14H19NO. The predicted octanol–water partition coefficient (Wildman–Crippen LogP) is 2.30. The van der Waals surface area contributed by atoms with E-state index >= 15 is 0 Å². The van der Waals surface area contributed by atoms with Crippen molar-refractivity contribution in [3.63, 3.8) is 0 Å². The molecule has 1 aromatic rings. The van der Waals surface area contributed by atoms with Gasteiger partial charge in [0.25, 0.3) is 0 Å². The van der Waals surface area contributed by atoms with Crippen LogP contribution in [0.25, 0.3) is 0 Å². The van der Waals surface area contributed by atoms with E-state index in [0.717, 1.165) is 18.6 Å². The number of nitrogens with one attached hydrogen (secondary N) is 1. The van der Waals surface area contributed by atoms with E-state index in [0.29, 0.717) is 12.1 Å². The summed E-state index contributed by atoms with van der Waals surface area (Å²) >= 11 is 0. The molecule has 0 radical (unpaired) electrons. The average molecular weight is 217 g/mol. The fraction of sp³-hybridized carbons (Fsp3) is 0.571. The maximum absolute atomic E-state index is 5.97. The van der Waals surface area contributed by atoms with Gasteiger partial charge in [0.05, 0.1) is 0 Å². The van der Waals surface area contributed by atoms with Crippen molar-refractivity contribution in [3.8, 4) is 5.75 Å². The molecule has 0 aromatic heterocycles. The Hall–Kier alpha value is -1.02. The lowest BCUT2D eigenvalue weighted by Crippen LogP contribution is -2.45. The van der Waals surface area contributed by atoms with Gasteiger partial charge in [-0.1, -0.05) is 6.07 Å². The molecule has 0 aliphatic heterocycles. The summed E-state index contributed by atoms with van der Waals surface area (Å²) < 4.78 is 5.97. The van der Waals surface area contributed by atoms with Crippen LogP contribution in [0.2, 0.25) is 0 Å². The number of aryl methyl sites for hydroxylation is 2. The van der Waals surface area contributed by atoms with Gasteiger partial charge in [0.15, 0.2) is 0 Å². The summed E-state index contributed by atoms with van der Waals surface area (Å²) in [5, 5.41) is 3.28. The van der Waals surface area contributed by atoms with E-state index in [1.165, 1.54) is 30.4 Å². The minimum absolute atomic E-state index is 0.428. The Kier molecular flexibility index (Phi) is 2.60. The molecule has 0 unspecified atom stereocenters. The number of benzene rings is 1. The van der Waals surface area contributed by atoms with Crippen molar-refractivity contribution in [1.82, 2.24) is 5.32 Å². The third-order valence-electron chi connectivity index (χ3n) is 3.88. The van der Waals surface area contributed by atoms with E-state index < -0.39 is 0 Å². The highest BCUT2D eigenvalue weighted by Crippen LogP contribution is 2.30. The van der Waals surface area contributed by atoms with Crippen molar-refractivity contribution in [2.75, 3.05) is 7.05 Å². The molecule has 3 rings (SSSR count). The molecule has 1 saturated carbocycles. The molecular weight excluding hydrogens is 198 g/mol. The highest BCUT2D eigenvalue weighted by atomic mass is 16.5. The van der Waals surface area contributed by atoms with Crippen LogP contribution in [0.5, 0.6) is 5.75 Å². The second-order valence-corrected chi connectivity index (χ2v) is 4.98. The third kappa shape index (κ3) is 1.82. The van der Waals surface area contributed by atoms with Crippen molar-refractivity contribution < 1.29 is 4.74 Å². The minimum atomic E-state index is 0.428. The lowest BCUT2D eigenvalue weighted by atomic mass is 9.89. The molecule has 0 saturated heterocycles. The topological polar surface area (TPSA) is 21.3 Å². The second kappa shape index (κ2) is 4.10. The van der Waals surface area contributed by atoms with Gasteiger partial charge in [-0.05, 0) is 62.4 Å². The van der Waals surface area contributed by atoms with Crippen molar-refractivity contribution >= 4 is 0 Å². The van der Waals surface area contributed by atoms with Gasteiger partial charge < -0.3 is 10.1 Å². The Morgan fingerprint density at radius 2 is 2.00 bits per heavy atom. The Bertz CT molecular complexity index is 382. The minimum Gasteiger partial charge on any atom is -0.490 e. The van der Waals surface area contributed by atoms with Crippen LogP contribution in [-0.4, -0.2) is 19.2 Å². The Morgan fingerprint density at radius 3 is 2.81 bits per heavy atom. The number of rotatable bonds is 3. The molecule has 2 aliphatic carbocycles. The molecule has 0 heterocycles. The molecule has 1 N–H and O–H groups in total. The summed E-state index contributed by atoms with van der Waals surface area (Å²) in [4.78, 5) is 0. The molecule has 16 heavy (non-hydrogen) atoms. The van der Waals surface area contributed by atoms with Crippen LogP contribution in [0.1, 0.15) is 30.4 Å². The number of fused-ring (bicyclic) bond motifs is 1. The first-order valence-electron chi connectivity index (χ1n) is 6.31. The standard InChI is InChI=1S/C14H19NO/c1-15-12-8-14(9-12)16-13-6-5-10-3-2-4-11(10)7-13/h5-7,12,14-15H,2-4,8-9H2,1H3. The summed E-state index contributed by atoms with van der Waals surface area (Å²) in [7, 11) is 2.02. The highest BCUT2D eigenvalue weighted by Gasteiger charge is 2.29. The molecule has 86 valence electrons. The van der Waals surface area contributed by atoms with Gasteiger partial charge in [-0.2, -0.15) is 0 Å². The van der Waals surface area contributed by atoms with Crippen LogP contribution in [-0.2, 0) is 12.8 Å². The summed E-state index contributed by atoms with van der Waals surface area (Å²) in [5.74, 6) is 1.07. The monoisotopic (exact) mass is 217 g/mol. The van der Waals surface area contributed by atoms with E-state index in [1.807, 2.05) is 7.05 Å². The fourth-order valence-corrected chi connectivity index (χ4v) is 2.71. The highest BCUT2D eigenvalue weighted by molar-refractivity contribution is 5.38. The zero-order valence-electron chi connectivity index (χ0n) is 9.83. The lowest BCUT2D eigenvalue weighted by Gasteiger charge is -2.35. The van der Waals surface area contributed by atoms with Crippen LogP contribution in [0.4, 0.5) is 0 Å².